The fourth-order valence-electron chi connectivity index (χ4n) is 4.73. The molecule has 13 nitrogen and oxygen atoms in total. The van der Waals surface area contributed by atoms with Crippen molar-refractivity contribution in [2.24, 2.45) is 11.5 Å². The molecule has 13 heteroatoms. The second-order valence-corrected chi connectivity index (χ2v) is 9.76. The molecular formula is C28H37N7O6. The van der Waals surface area contributed by atoms with Crippen LogP contribution in [0.4, 0.5) is 21.0 Å². The highest BCUT2D eigenvalue weighted by Crippen LogP contribution is 2.19. The molecule has 41 heavy (non-hydrogen) atoms. The minimum absolute atomic E-state index is 0.201. The summed E-state index contributed by atoms with van der Waals surface area (Å²) in [7, 11) is 0. The van der Waals surface area contributed by atoms with Crippen molar-refractivity contribution in [2.45, 2.75) is 0 Å². The molecule has 2 aromatic rings. The third-order valence-electron chi connectivity index (χ3n) is 7.08. The van der Waals surface area contributed by atoms with Crippen LogP contribution >= 0.6 is 0 Å². The summed E-state index contributed by atoms with van der Waals surface area (Å²) in [5.74, 6) is -0.941. The number of ether oxygens (including phenoxy) is 2. The Morgan fingerprint density at radius 3 is 1.39 bits per heavy atom. The van der Waals surface area contributed by atoms with E-state index in [1.165, 1.54) is 0 Å². The van der Waals surface area contributed by atoms with Crippen LogP contribution < -0.4 is 26.6 Å². The van der Waals surface area contributed by atoms with Crippen LogP contribution in [-0.4, -0.2) is 112 Å². The van der Waals surface area contributed by atoms with Gasteiger partial charge in [0.05, 0.1) is 0 Å². The molecule has 2 aromatic carbocycles. The minimum atomic E-state index is -0.471. The van der Waals surface area contributed by atoms with Crippen molar-refractivity contribution in [3.05, 3.63) is 59.7 Å². The molecule has 0 radical (unpaired) electrons. The number of benzene rings is 2. The number of primary amides is 2. The normalized spacial score (nSPS) is 15.4. The third kappa shape index (κ3) is 8.24. The van der Waals surface area contributed by atoms with Gasteiger partial charge in [0, 0.05) is 87.9 Å². The molecule has 220 valence electrons. The maximum absolute atomic E-state index is 12.4. The number of nitrogens with one attached hydrogen (secondary N) is 1. The molecule has 0 spiro atoms. The molecule has 5 N–H and O–H groups in total. The Kier molecular flexibility index (Phi) is 10.2. The quantitative estimate of drug-likeness (QED) is 0.351. The number of hydrogen-bond acceptors (Lipinski definition) is 9. The molecule has 0 bridgehead atoms. The number of piperazine rings is 2. The number of amides is 4. The van der Waals surface area contributed by atoms with E-state index in [1.54, 1.807) is 46.2 Å². The molecule has 0 aliphatic carbocycles. The lowest BCUT2D eigenvalue weighted by Crippen LogP contribution is -2.49. The average Bonchev–Trinajstić information content (AvgIpc) is 3.00. The van der Waals surface area contributed by atoms with E-state index in [2.05, 4.69) is 15.1 Å². The van der Waals surface area contributed by atoms with Crippen LogP contribution in [0.2, 0.25) is 0 Å². The van der Waals surface area contributed by atoms with Gasteiger partial charge in [0.15, 0.2) is 0 Å². The van der Waals surface area contributed by atoms with Gasteiger partial charge in [0.2, 0.25) is 11.8 Å². The molecule has 2 saturated heterocycles. The van der Waals surface area contributed by atoms with E-state index >= 15 is 0 Å². The highest BCUT2D eigenvalue weighted by atomic mass is 16.6. The van der Waals surface area contributed by atoms with Crippen LogP contribution in [-0.2, 0) is 9.47 Å². The van der Waals surface area contributed by atoms with Crippen molar-refractivity contribution in [1.82, 2.24) is 15.1 Å². The summed E-state index contributed by atoms with van der Waals surface area (Å²) in [5, 5.41) is 3.10. The maximum Gasteiger partial charge on any atom is 0.409 e. The number of anilines is 2. The van der Waals surface area contributed by atoms with Crippen molar-refractivity contribution in [3.63, 3.8) is 0 Å². The SMILES string of the molecule is NC(=O)c1cccc(N2CCN(C(=O)OCCNCCOC(=O)N3CCN(c4cccc(C(N)=O)c4)CC3)CC2)c1. The summed E-state index contributed by atoms with van der Waals surface area (Å²) >= 11 is 0. The van der Waals surface area contributed by atoms with E-state index in [1.807, 2.05) is 12.1 Å². The van der Waals surface area contributed by atoms with E-state index in [9.17, 15) is 19.2 Å². The zero-order chi connectivity index (χ0) is 29.2. The molecule has 2 aliphatic rings. The Hall–Kier alpha value is -4.52. The van der Waals surface area contributed by atoms with Crippen LogP contribution in [0.3, 0.4) is 0 Å². The number of carbonyl (C=O) groups is 4. The number of rotatable bonds is 10. The number of carbonyl (C=O) groups excluding carboxylic acids is 4. The summed E-state index contributed by atoms with van der Waals surface area (Å²) < 4.78 is 10.7. The van der Waals surface area contributed by atoms with Crippen molar-refractivity contribution in [1.29, 1.82) is 0 Å². The average molecular weight is 568 g/mol. The first-order valence-electron chi connectivity index (χ1n) is 13.7. The van der Waals surface area contributed by atoms with Crippen molar-refractivity contribution < 1.29 is 28.7 Å². The predicted molar refractivity (Wildman–Crippen MR) is 153 cm³/mol. The molecule has 0 saturated carbocycles. The summed E-state index contributed by atoms with van der Waals surface area (Å²) in [5.41, 5.74) is 13.4. The van der Waals surface area contributed by atoms with Crippen molar-refractivity contribution in [2.75, 3.05) is 88.5 Å². The van der Waals surface area contributed by atoms with E-state index < -0.39 is 11.8 Å². The molecule has 2 aliphatic heterocycles. The van der Waals surface area contributed by atoms with Gasteiger partial charge in [-0.3, -0.25) is 9.59 Å². The predicted octanol–water partition coefficient (Wildman–Crippen LogP) is 0.691. The van der Waals surface area contributed by atoms with Gasteiger partial charge in [-0.2, -0.15) is 0 Å². The highest BCUT2D eigenvalue weighted by Gasteiger charge is 2.24. The molecule has 4 rings (SSSR count). The first-order valence-corrected chi connectivity index (χ1v) is 13.7. The molecule has 4 amide bonds. The van der Waals surface area contributed by atoms with E-state index in [0.29, 0.717) is 76.6 Å². The number of nitrogens with two attached hydrogens (primary N) is 2. The minimum Gasteiger partial charge on any atom is -0.448 e. The van der Waals surface area contributed by atoms with Gasteiger partial charge in [0.25, 0.3) is 0 Å². The van der Waals surface area contributed by atoms with Crippen molar-refractivity contribution in [3.8, 4) is 0 Å². The molecule has 0 aromatic heterocycles. The second kappa shape index (κ2) is 14.2. The largest absolute Gasteiger partial charge is 0.448 e. The summed E-state index contributed by atoms with van der Waals surface area (Å²) in [4.78, 5) is 55.2. The van der Waals surface area contributed by atoms with Gasteiger partial charge >= 0.3 is 12.2 Å². The Balaban J connectivity index is 1.05. The van der Waals surface area contributed by atoms with Crippen LogP contribution in [0.1, 0.15) is 20.7 Å². The molecular weight excluding hydrogens is 530 g/mol. The first kappa shape index (κ1) is 29.5. The zero-order valence-electron chi connectivity index (χ0n) is 23.0. The van der Waals surface area contributed by atoms with Crippen molar-refractivity contribution >= 4 is 35.4 Å². The Morgan fingerprint density at radius 1 is 0.634 bits per heavy atom. The highest BCUT2D eigenvalue weighted by molar-refractivity contribution is 5.94. The van der Waals surface area contributed by atoms with Gasteiger partial charge in [-0.15, -0.1) is 0 Å². The van der Waals surface area contributed by atoms with Gasteiger partial charge in [0.1, 0.15) is 13.2 Å². The van der Waals surface area contributed by atoms with E-state index in [-0.39, 0.29) is 25.4 Å². The molecule has 0 atom stereocenters. The van der Waals surface area contributed by atoms with Crippen LogP contribution in [0.15, 0.2) is 48.5 Å². The summed E-state index contributed by atoms with van der Waals surface area (Å²) in [6.45, 7) is 5.81. The zero-order valence-corrected chi connectivity index (χ0v) is 23.0. The summed E-state index contributed by atoms with van der Waals surface area (Å²) in [6.07, 6.45) is -0.742. The Morgan fingerprint density at radius 2 is 1.02 bits per heavy atom. The smallest absolute Gasteiger partial charge is 0.409 e. The van der Waals surface area contributed by atoms with Gasteiger partial charge in [-0.05, 0) is 36.4 Å². The number of hydrogen-bond donors (Lipinski definition) is 3. The topological polar surface area (TPSA) is 164 Å². The Labute approximate surface area is 238 Å². The van der Waals surface area contributed by atoms with Crippen LogP contribution in [0.5, 0.6) is 0 Å². The van der Waals surface area contributed by atoms with Gasteiger partial charge < -0.3 is 45.9 Å². The standard InChI is InChI=1S/C28H37N7O6/c29-25(36)21-3-1-5-23(19-21)32-9-13-34(14-10-32)27(38)40-17-7-31-8-18-41-28(39)35-15-11-33(12-16-35)24-6-2-4-22(20-24)26(30)37/h1-6,19-20,31H,7-18H2,(H2,29,36)(H2,30,37). The first-order chi connectivity index (χ1) is 19.8. The lowest BCUT2D eigenvalue weighted by molar-refractivity contribution is 0.0954. The number of nitrogens with zero attached hydrogens (tertiary/aromatic N) is 4. The third-order valence-corrected chi connectivity index (χ3v) is 7.08. The Bertz CT molecular complexity index is 1130. The van der Waals surface area contributed by atoms with Crippen LogP contribution in [0, 0.1) is 0 Å². The lowest BCUT2D eigenvalue weighted by atomic mass is 10.1. The second-order valence-electron chi connectivity index (χ2n) is 9.76. The van der Waals surface area contributed by atoms with E-state index in [4.69, 9.17) is 20.9 Å². The summed E-state index contributed by atoms with van der Waals surface area (Å²) in [6, 6.07) is 14.3. The van der Waals surface area contributed by atoms with Gasteiger partial charge in [-0.25, -0.2) is 9.59 Å². The fourth-order valence-corrected chi connectivity index (χ4v) is 4.73. The molecule has 2 heterocycles. The van der Waals surface area contributed by atoms with E-state index in [0.717, 1.165) is 11.4 Å². The van der Waals surface area contributed by atoms with Crippen LogP contribution in [0.25, 0.3) is 0 Å². The fraction of sp³-hybridized carbons (Fsp3) is 0.429. The van der Waals surface area contributed by atoms with Gasteiger partial charge in [-0.1, -0.05) is 12.1 Å². The molecule has 2 fully saturated rings. The monoisotopic (exact) mass is 567 g/mol. The lowest BCUT2D eigenvalue weighted by Gasteiger charge is -2.35. The molecule has 0 unspecified atom stereocenters. The maximum atomic E-state index is 12.4.